The standard InChI is InChI=1S/C26H19ClN6O2/c1-15-10-17(16(2)32(15)20-8-9-23(27)21(12-20)26(34)35)11-18(13-28)24-22(14-29)25(30)33(31-24)19-6-4-3-5-7-19/h3-12H,30H2,1-2H3,(H,34,35)/b18-11-. The van der Waals surface area contributed by atoms with Crippen LogP contribution in [0.15, 0.2) is 54.6 Å². The Morgan fingerprint density at radius 1 is 1.11 bits per heavy atom. The number of nitrogens with zero attached hydrogens (tertiary/aromatic N) is 5. The molecule has 172 valence electrons. The number of aromatic carboxylic acids is 1. The molecule has 9 heteroatoms. The number of anilines is 1. The first-order valence-electron chi connectivity index (χ1n) is 10.4. The minimum Gasteiger partial charge on any atom is -0.478 e. The smallest absolute Gasteiger partial charge is 0.337 e. The van der Waals surface area contributed by atoms with Crippen LogP contribution in [-0.2, 0) is 0 Å². The van der Waals surface area contributed by atoms with Gasteiger partial charge in [-0.2, -0.15) is 15.6 Å². The average Bonchev–Trinajstić information content (AvgIpc) is 3.33. The summed E-state index contributed by atoms with van der Waals surface area (Å²) in [6, 6.07) is 19.9. The van der Waals surface area contributed by atoms with Gasteiger partial charge in [0.25, 0.3) is 0 Å². The van der Waals surface area contributed by atoms with Crippen LogP contribution in [0.5, 0.6) is 0 Å². The van der Waals surface area contributed by atoms with Crippen LogP contribution in [0, 0.1) is 36.5 Å². The van der Waals surface area contributed by atoms with Gasteiger partial charge in [-0.25, -0.2) is 9.48 Å². The van der Waals surface area contributed by atoms with Crippen LogP contribution in [0.1, 0.15) is 38.6 Å². The zero-order valence-electron chi connectivity index (χ0n) is 18.8. The summed E-state index contributed by atoms with van der Waals surface area (Å²) in [6.07, 6.45) is 1.64. The first-order valence-corrected chi connectivity index (χ1v) is 10.8. The number of aromatic nitrogens is 3. The van der Waals surface area contributed by atoms with Gasteiger partial charge in [0.1, 0.15) is 29.2 Å². The molecule has 0 aliphatic rings. The molecule has 0 spiro atoms. The van der Waals surface area contributed by atoms with Gasteiger partial charge in [-0.3, -0.25) is 0 Å². The number of allylic oxidation sites excluding steroid dienone is 1. The number of nitrogens with two attached hydrogens (primary N) is 1. The Labute approximate surface area is 206 Å². The van der Waals surface area contributed by atoms with Crippen molar-refractivity contribution in [1.29, 1.82) is 10.5 Å². The van der Waals surface area contributed by atoms with Gasteiger partial charge in [-0.15, -0.1) is 0 Å². The molecule has 0 radical (unpaired) electrons. The number of carboxylic acids is 1. The van der Waals surface area contributed by atoms with Crippen molar-refractivity contribution in [3.05, 3.63) is 93.4 Å². The SMILES string of the molecule is Cc1cc(/C=C(/C#N)c2nn(-c3ccccc3)c(N)c2C#N)c(C)n1-c1ccc(Cl)c(C(=O)O)c1. The largest absolute Gasteiger partial charge is 0.478 e. The Hall–Kier alpha value is -4.79. The van der Waals surface area contributed by atoms with Gasteiger partial charge in [0.15, 0.2) is 0 Å². The van der Waals surface area contributed by atoms with E-state index in [9.17, 15) is 20.4 Å². The van der Waals surface area contributed by atoms with E-state index >= 15 is 0 Å². The lowest BCUT2D eigenvalue weighted by atomic mass is 10.1. The molecule has 0 bridgehead atoms. The number of rotatable bonds is 5. The Bertz CT molecular complexity index is 1580. The van der Waals surface area contributed by atoms with Crippen molar-refractivity contribution in [3.8, 4) is 23.5 Å². The molecule has 0 aliphatic heterocycles. The number of aryl methyl sites for hydroxylation is 1. The van der Waals surface area contributed by atoms with Crippen molar-refractivity contribution in [2.24, 2.45) is 0 Å². The van der Waals surface area contributed by atoms with E-state index < -0.39 is 5.97 Å². The van der Waals surface area contributed by atoms with Crippen LogP contribution in [0.4, 0.5) is 5.82 Å². The number of carboxylic acid groups (broad SMARTS) is 1. The first-order chi connectivity index (χ1) is 16.8. The third-order valence-electron chi connectivity index (χ3n) is 5.62. The van der Waals surface area contributed by atoms with Crippen LogP contribution >= 0.6 is 11.6 Å². The Morgan fingerprint density at radius 2 is 1.83 bits per heavy atom. The fraction of sp³-hybridized carbons (Fsp3) is 0.0769. The fourth-order valence-electron chi connectivity index (χ4n) is 3.95. The number of halogens is 1. The summed E-state index contributed by atoms with van der Waals surface area (Å²) in [4.78, 5) is 11.5. The molecular weight excluding hydrogens is 464 g/mol. The maximum absolute atomic E-state index is 11.5. The maximum Gasteiger partial charge on any atom is 0.337 e. The monoisotopic (exact) mass is 482 g/mol. The Morgan fingerprint density at radius 3 is 2.46 bits per heavy atom. The molecule has 2 aromatic carbocycles. The van der Waals surface area contributed by atoms with Gasteiger partial charge < -0.3 is 15.4 Å². The fourth-order valence-corrected chi connectivity index (χ4v) is 4.15. The highest BCUT2D eigenvalue weighted by atomic mass is 35.5. The predicted octanol–water partition coefficient (Wildman–Crippen LogP) is 5.15. The normalized spacial score (nSPS) is 11.2. The van der Waals surface area contributed by atoms with Crippen LogP contribution in [0.3, 0.4) is 0 Å². The Balaban J connectivity index is 1.84. The molecule has 35 heavy (non-hydrogen) atoms. The summed E-state index contributed by atoms with van der Waals surface area (Å²) < 4.78 is 3.30. The molecule has 0 amide bonds. The number of hydrogen-bond acceptors (Lipinski definition) is 5. The summed E-state index contributed by atoms with van der Waals surface area (Å²) >= 11 is 6.03. The zero-order valence-corrected chi connectivity index (χ0v) is 19.6. The third-order valence-corrected chi connectivity index (χ3v) is 5.95. The number of para-hydroxylation sites is 1. The first kappa shape index (κ1) is 23.4. The highest BCUT2D eigenvalue weighted by Crippen LogP contribution is 2.30. The second kappa shape index (κ2) is 9.22. The van der Waals surface area contributed by atoms with E-state index in [1.54, 1.807) is 24.3 Å². The van der Waals surface area contributed by atoms with E-state index in [1.165, 1.54) is 16.8 Å². The van der Waals surface area contributed by atoms with Crippen LogP contribution in [0.2, 0.25) is 5.02 Å². The van der Waals surface area contributed by atoms with Crippen LogP contribution in [-0.4, -0.2) is 25.4 Å². The van der Waals surface area contributed by atoms with Gasteiger partial charge in [0, 0.05) is 17.1 Å². The van der Waals surface area contributed by atoms with Crippen LogP contribution < -0.4 is 5.73 Å². The second-order valence-corrected chi connectivity index (χ2v) is 8.18. The molecule has 0 fully saturated rings. The molecule has 0 aliphatic carbocycles. The highest BCUT2D eigenvalue weighted by Gasteiger charge is 2.21. The predicted molar refractivity (Wildman–Crippen MR) is 133 cm³/mol. The summed E-state index contributed by atoms with van der Waals surface area (Å²) in [7, 11) is 0. The summed E-state index contributed by atoms with van der Waals surface area (Å²) in [6.45, 7) is 3.72. The van der Waals surface area contributed by atoms with Gasteiger partial charge in [0.05, 0.1) is 21.8 Å². The minimum atomic E-state index is -1.12. The molecule has 2 aromatic heterocycles. The van der Waals surface area contributed by atoms with Crippen molar-refractivity contribution in [1.82, 2.24) is 14.3 Å². The highest BCUT2D eigenvalue weighted by molar-refractivity contribution is 6.33. The van der Waals surface area contributed by atoms with E-state index in [1.807, 2.05) is 42.7 Å². The van der Waals surface area contributed by atoms with Gasteiger partial charge in [-0.05, 0) is 61.9 Å². The molecular formula is C26H19ClN6O2. The van der Waals surface area contributed by atoms with E-state index in [4.69, 9.17) is 17.3 Å². The molecule has 0 saturated carbocycles. The topological polar surface area (TPSA) is 134 Å². The van der Waals surface area contributed by atoms with Crippen molar-refractivity contribution in [2.75, 3.05) is 5.73 Å². The quantitative estimate of drug-likeness (QED) is 0.378. The lowest BCUT2D eigenvalue weighted by Crippen LogP contribution is -2.03. The van der Waals surface area contributed by atoms with Crippen molar-refractivity contribution in [2.45, 2.75) is 13.8 Å². The third kappa shape index (κ3) is 4.15. The molecule has 4 rings (SSSR count). The number of hydrogen-bond donors (Lipinski definition) is 2. The number of carbonyl (C=O) groups is 1. The number of nitrogen functional groups attached to an aromatic ring is 1. The zero-order chi connectivity index (χ0) is 25.3. The second-order valence-electron chi connectivity index (χ2n) is 7.77. The minimum absolute atomic E-state index is 0.00735. The van der Waals surface area contributed by atoms with E-state index in [0.717, 1.165) is 11.4 Å². The molecule has 0 unspecified atom stereocenters. The van der Waals surface area contributed by atoms with Gasteiger partial charge in [0.2, 0.25) is 0 Å². The Kier molecular flexibility index (Phi) is 6.16. The molecule has 3 N–H and O–H groups in total. The van der Waals surface area contributed by atoms with Gasteiger partial charge >= 0.3 is 5.97 Å². The lowest BCUT2D eigenvalue weighted by molar-refractivity contribution is 0.0697. The molecule has 4 aromatic rings. The molecule has 2 heterocycles. The molecule has 0 saturated heterocycles. The van der Waals surface area contributed by atoms with Gasteiger partial charge in [-0.1, -0.05) is 29.8 Å². The average molecular weight is 483 g/mol. The van der Waals surface area contributed by atoms with Crippen molar-refractivity contribution >= 4 is 35.0 Å². The van der Waals surface area contributed by atoms with Crippen molar-refractivity contribution < 1.29 is 9.90 Å². The van der Waals surface area contributed by atoms with E-state index in [2.05, 4.69) is 17.2 Å². The maximum atomic E-state index is 11.5. The lowest BCUT2D eigenvalue weighted by Gasteiger charge is -2.11. The van der Waals surface area contributed by atoms with Crippen LogP contribution in [0.25, 0.3) is 23.0 Å². The molecule has 0 atom stereocenters. The molecule has 8 nitrogen and oxygen atoms in total. The number of benzene rings is 2. The summed E-state index contributed by atoms with van der Waals surface area (Å²) in [5.41, 5.74) is 10.2. The number of nitriles is 2. The van der Waals surface area contributed by atoms with E-state index in [-0.39, 0.29) is 33.2 Å². The van der Waals surface area contributed by atoms with Crippen molar-refractivity contribution in [3.63, 3.8) is 0 Å². The summed E-state index contributed by atoms with van der Waals surface area (Å²) in [5, 5.41) is 33.7. The summed E-state index contributed by atoms with van der Waals surface area (Å²) in [5.74, 6) is -0.982. The van der Waals surface area contributed by atoms with E-state index in [0.29, 0.717) is 16.9 Å².